The van der Waals surface area contributed by atoms with Gasteiger partial charge in [0.15, 0.2) is 11.6 Å². The van der Waals surface area contributed by atoms with E-state index in [1.807, 2.05) is 13.0 Å². The van der Waals surface area contributed by atoms with Crippen LogP contribution in [-0.4, -0.2) is 6.10 Å². The van der Waals surface area contributed by atoms with Crippen LogP contribution in [-0.2, 0) is 17.8 Å². The van der Waals surface area contributed by atoms with E-state index in [0.29, 0.717) is 30.1 Å². The van der Waals surface area contributed by atoms with Crippen molar-refractivity contribution in [1.29, 1.82) is 0 Å². The lowest BCUT2D eigenvalue weighted by Crippen LogP contribution is -2.22. The predicted octanol–water partition coefficient (Wildman–Crippen LogP) is 4.72. The first kappa shape index (κ1) is 14.0. The van der Waals surface area contributed by atoms with Gasteiger partial charge >= 0.3 is 0 Å². The molecule has 1 saturated carbocycles. The van der Waals surface area contributed by atoms with Crippen LogP contribution in [0.1, 0.15) is 62.1 Å². The van der Waals surface area contributed by atoms with Gasteiger partial charge in [-0.1, -0.05) is 19.8 Å². The van der Waals surface area contributed by atoms with Gasteiger partial charge in [0.1, 0.15) is 0 Å². The van der Waals surface area contributed by atoms with E-state index in [1.54, 1.807) is 0 Å². The Labute approximate surface area is 119 Å². The quantitative estimate of drug-likeness (QED) is 0.723. The fourth-order valence-corrected chi connectivity index (χ4v) is 3.53. The molecule has 1 atom stereocenters. The van der Waals surface area contributed by atoms with E-state index in [1.165, 1.54) is 0 Å². The SMILES string of the molecule is CC1CCC(c2cc3c(c(F)c2F)CC(C)OC3)CC1. The molecule has 1 fully saturated rings. The minimum Gasteiger partial charge on any atom is -0.373 e. The van der Waals surface area contributed by atoms with Gasteiger partial charge in [-0.05, 0) is 54.4 Å². The van der Waals surface area contributed by atoms with Crippen molar-refractivity contribution in [2.75, 3.05) is 0 Å². The number of rotatable bonds is 1. The van der Waals surface area contributed by atoms with E-state index in [0.717, 1.165) is 31.2 Å². The molecule has 2 aliphatic rings. The average Bonchev–Trinajstić information content (AvgIpc) is 2.44. The Morgan fingerprint density at radius 1 is 1.05 bits per heavy atom. The van der Waals surface area contributed by atoms with Crippen LogP contribution >= 0.6 is 0 Å². The molecule has 1 aliphatic heterocycles. The fourth-order valence-electron chi connectivity index (χ4n) is 3.53. The van der Waals surface area contributed by atoms with Crippen molar-refractivity contribution in [1.82, 2.24) is 0 Å². The van der Waals surface area contributed by atoms with Gasteiger partial charge in [0.2, 0.25) is 0 Å². The summed E-state index contributed by atoms with van der Waals surface area (Å²) in [5, 5.41) is 0. The molecule has 1 aliphatic carbocycles. The maximum atomic E-state index is 14.4. The standard InChI is InChI=1S/C17H22F2O/c1-10-3-5-12(6-4-10)15-8-13-9-20-11(2)7-14(13)16(18)17(15)19/h8,10-12H,3-7,9H2,1-2H3. The highest BCUT2D eigenvalue weighted by atomic mass is 19.2. The zero-order valence-corrected chi connectivity index (χ0v) is 12.2. The first-order chi connectivity index (χ1) is 9.56. The van der Waals surface area contributed by atoms with Crippen molar-refractivity contribution in [2.45, 2.75) is 64.6 Å². The minimum atomic E-state index is -0.633. The molecule has 0 spiro atoms. The maximum Gasteiger partial charge on any atom is 0.162 e. The van der Waals surface area contributed by atoms with Crippen LogP contribution in [0.15, 0.2) is 6.07 Å². The zero-order chi connectivity index (χ0) is 14.3. The average molecular weight is 280 g/mol. The Morgan fingerprint density at radius 2 is 1.75 bits per heavy atom. The minimum absolute atomic E-state index is 0.0298. The zero-order valence-electron chi connectivity index (χ0n) is 12.2. The van der Waals surface area contributed by atoms with Crippen molar-refractivity contribution in [3.8, 4) is 0 Å². The fraction of sp³-hybridized carbons (Fsp3) is 0.647. The van der Waals surface area contributed by atoms with Crippen LogP contribution in [0, 0.1) is 17.6 Å². The largest absolute Gasteiger partial charge is 0.373 e. The van der Waals surface area contributed by atoms with E-state index in [2.05, 4.69) is 6.92 Å². The topological polar surface area (TPSA) is 9.23 Å². The molecular formula is C17H22F2O. The van der Waals surface area contributed by atoms with Crippen molar-refractivity contribution in [3.05, 3.63) is 34.4 Å². The first-order valence-corrected chi connectivity index (χ1v) is 7.67. The molecule has 0 bridgehead atoms. The molecule has 0 N–H and O–H groups in total. The van der Waals surface area contributed by atoms with Crippen molar-refractivity contribution >= 4 is 0 Å². The van der Waals surface area contributed by atoms with Crippen molar-refractivity contribution in [3.63, 3.8) is 0 Å². The summed E-state index contributed by atoms with van der Waals surface area (Å²) >= 11 is 0. The van der Waals surface area contributed by atoms with Gasteiger partial charge in [-0.15, -0.1) is 0 Å². The third-order valence-electron chi connectivity index (χ3n) is 4.90. The number of hydrogen-bond donors (Lipinski definition) is 0. The lowest BCUT2D eigenvalue weighted by atomic mass is 9.78. The smallest absolute Gasteiger partial charge is 0.162 e. The second-order valence-corrected chi connectivity index (χ2v) is 6.51. The van der Waals surface area contributed by atoms with Gasteiger partial charge in [-0.2, -0.15) is 0 Å². The van der Waals surface area contributed by atoms with Crippen LogP contribution in [0.25, 0.3) is 0 Å². The normalized spacial score (nSPS) is 30.1. The molecule has 20 heavy (non-hydrogen) atoms. The molecule has 3 heteroatoms. The number of hydrogen-bond acceptors (Lipinski definition) is 1. The van der Waals surface area contributed by atoms with Crippen LogP contribution in [0.4, 0.5) is 8.78 Å². The van der Waals surface area contributed by atoms with E-state index in [9.17, 15) is 8.78 Å². The Bertz CT molecular complexity index is 504. The van der Waals surface area contributed by atoms with Gasteiger partial charge < -0.3 is 4.74 Å². The Kier molecular flexibility index (Phi) is 3.80. The molecule has 3 rings (SSSR count). The summed E-state index contributed by atoms with van der Waals surface area (Å²) in [6.07, 6.45) is 4.59. The van der Waals surface area contributed by atoms with Gasteiger partial charge in [0, 0.05) is 6.42 Å². The number of benzene rings is 1. The van der Waals surface area contributed by atoms with E-state index in [4.69, 9.17) is 4.74 Å². The van der Waals surface area contributed by atoms with Crippen molar-refractivity contribution in [2.24, 2.45) is 5.92 Å². The van der Waals surface area contributed by atoms with Crippen LogP contribution in [0.5, 0.6) is 0 Å². The Hall–Kier alpha value is -0.960. The second kappa shape index (κ2) is 5.44. The molecule has 1 aromatic carbocycles. The lowest BCUT2D eigenvalue weighted by Gasteiger charge is -2.29. The maximum absolute atomic E-state index is 14.4. The van der Waals surface area contributed by atoms with E-state index < -0.39 is 11.6 Å². The molecule has 1 nitrogen and oxygen atoms in total. The third-order valence-corrected chi connectivity index (χ3v) is 4.90. The highest BCUT2D eigenvalue weighted by Gasteiger charge is 2.28. The van der Waals surface area contributed by atoms with Crippen LogP contribution < -0.4 is 0 Å². The van der Waals surface area contributed by atoms with Gasteiger partial charge in [-0.3, -0.25) is 0 Å². The van der Waals surface area contributed by atoms with E-state index >= 15 is 0 Å². The van der Waals surface area contributed by atoms with Crippen LogP contribution in [0.2, 0.25) is 0 Å². The molecule has 110 valence electrons. The second-order valence-electron chi connectivity index (χ2n) is 6.51. The van der Waals surface area contributed by atoms with Gasteiger partial charge in [0.05, 0.1) is 12.7 Å². The summed E-state index contributed by atoms with van der Waals surface area (Å²) < 4.78 is 34.3. The summed E-state index contributed by atoms with van der Waals surface area (Å²) in [5.41, 5.74) is 1.94. The Balaban J connectivity index is 1.94. The molecule has 1 aromatic rings. The summed E-state index contributed by atoms with van der Waals surface area (Å²) in [5.74, 6) is -0.366. The molecule has 0 amide bonds. The van der Waals surface area contributed by atoms with Crippen LogP contribution in [0.3, 0.4) is 0 Å². The summed E-state index contributed by atoms with van der Waals surface area (Å²) in [6, 6.07) is 1.86. The summed E-state index contributed by atoms with van der Waals surface area (Å²) in [7, 11) is 0. The van der Waals surface area contributed by atoms with E-state index in [-0.39, 0.29) is 12.0 Å². The number of halogens is 2. The van der Waals surface area contributed by atoms with Gasteiger partial charge in [-0.25, -0.2) is 8.78 Å². The monoisotopic (exact) mass is 280 g/mol. The molecule has 0 aromatic heterocycles. The number of fused-ring (bicyclic) bond motifs is 1. The molecule has 1 unspecified atom stereocenters. The summed E-state index contributed by atoms with van der Waals surface area (Å²) in [6.45, 7) is 4.54. The highest BCUT2D eigenvalue weighted by Crippen LogP contribution is 2.39. The molecular weight excluding hydrogens is 258 g/mol. The predicted molar refractivity (Wildman–Crippen MR) is 74.7 cm³/mol. The number of ether oxygens (including phenoxy) is 1. The lowest BCUT2D eigenvalue weighted by molar-refractivity contribution is 0.0394. The highest BCUT2D eigenvalue weighted by molar-refractivity contribution is 5.38. The van der Waals surface area contributed by atoms with Gasteiger partial charge in [0.25, 0.3) is 0 Å². The Morgan fingerprint density at radius 3 is 2.45 bits per heavy atom. The molecule has 1 heterocycles. The molecule has 0 saturated heterocycles. The first-order valence-electron chi connectivity index (χ1n) is 7.67. The van der Waals surface area contributed by atoms with Crippen molar-refractivity contribution < 1.29 is 13.5 Å². The third kappa shape index (κ3) is 2.48. The summed E-state index contributed by atoms with van der Waals surface area (Å²) in [4.78, 5) is 0. The molecule has 0 radical (unpaired) electrons.